The summed E-state index contributed by atoms with van der Waals surface area (Å²) in [6.45, 7) is 5.65. The van der Waals surface area contributed by atoms with Crippen LogP contribution in [0.1, 0.15) is 34.2 Å². The van der Waals surface area contributed by atoms with E-state index in [9.17, 15) is 9.18 Å². The largest absolute Gasteiger partial charge is 0.331 e. The van der Waals surface area contributed by atoms with Crippen LogP contribution in [0.4, 0.5) is 4.39 Å². The zero-order chi connectivity index (χ0) is 18.5. The second-order valence-electron chi connectivity index (χ2n) is 6.28. The summed E-state index contributed by atoms with van der Waals surface area (Å²) in [6.07, 6.45) is 3.67. The van der Waals surface area contributed by atoms with E-state index in [1.54, 1.807) is 11.1 Å². The van der Waals surface area contributed by atoms with Gasteiger partial charge in [-0.05, 0) is 43.7 Å². The van der Waals surface area contributed by atoms with Gasteiger partial charge in [-0.2, -0.15) is 0 Å². The molecule has 3 rings (SSSR count). The zero-order valence-corrected chi connectivity index (χ0v) is 15.0. The predicted molar refractivity (Wildman–Crippen MR) is 99.3 cm³/mol. The molecule has 134 valence electrons. The Kier molecular flexibility index (Phi) is 5.46. The third kappa shape index (κ3) is 4.17. The van der Waals surface area contributed by atoms with Crippen molar-refractivity contribution in [1.82, 2.24) is 14.5 Å². The van der Waals surface area contributed by atoms with Crippen LogP contribution < -0.4 is 0 Å². The van der Waals surface area contributed by atoms with Crippen LogP contribution in [0, 0.1) is 12.7 Å². The topological polar surface area (TPSA) is 38.1 Å². The molecule has 1 aromatic heterocycles. The van der Waals surface area contributed by atoms with Crippen molar-refractivity contribution in [2.75, 3.05) is 6.54 Å². The number of hydrogen-bond acceptors (Lipinski definition) is 2. The molecule has 0 saturated carbocycles. The van der Waals surface area contributed by atoms with E-state index >= 15 is 0 Å². The second kappa shape index (κ2) is 7.95. The van der Waals surface area contributed by atoms with Gasteiger partial charge in [0.1, 0.15) is 11.6 Å². The Labute approximate surface area is 152 Å². The van der Waals surface area contributed by atoms with E-state index in [2.05, 4.69) is 36.2 Å². The smallest absolute Gasteiger partial charge is 0.254 e. The number of rotatable bonds is 6. The Morgan fingerprint density at radius 2 is 1.81 bits per heavy atom. The van der Waals surface area contributed by atoms with Gasteiger partial charge >= 0.3 is 0 Å². The molecule has 0 unspecified atom stereocenters. The van der Waals surface area contributed by atoms with Gasteiger partial charge in [0.2, 0.25) is 0 Å². The van der Waals surface area contributed by atoms with Crippen LogP contribution in [0.5, 0.6) is 0 Å². The summed E-state index contributed by atoms with van der Waals surface area (Å²) in [5.74, 6) is 0.346. The zero-order valence-electron chi connectivity index (χ0n) is 15.0. The molecule has 5 heteroatoms. The van der Waals surface area contributed by atoms with E-state index in [0.29, 0.717) is 25.2 Å². The minimum absolute atomic E-state index is 0.127. The van der Waals surface area contributed by atoms with Crippen LogP contribution in [-0.4, -0.2) is 26.9 Å². The minimum Gasteiger partial charge on any atom is -0.331 e. The molecule has 0 radical (unpaired) electrons. The molecule has 0 bridgehead atoms. The average Bonchev–Trinajstić information content (AvgIpc) is 3.08. The molecule has 1 amide bonds. The summed E-state index contributed by atoms with van der Waals surface area (Å²) in [5.41, 5.74) is 2.88. The molecule has 0 atom stereocenters. The van der Waals surface area contributed by atoms with Crippen molar-refractivity contribution in [3.05, 3.63) is 89.3 Å². The van der Waals surface area contributed by atoms with Gasteiger partial charge in [0.25, 0.3) is 5.91 Å². The first-order valence-corrected chi connectivity index (χ1v) is 8.67. The normalized spacial score (nSPS) is 10.7. The van der Waals surface area contributed by atoms with E-state index in [0.717, 1.165) is 5.82 Å². The Hall–Kier alpha value is -2.95. The lowest BCUT2D eigenvalue weighted by molar-refractivity contribution is 0.0747. The first-order valence-electron chi connectivity index (χ1n) is 8.67. The number of halogens is 1. The van der Waals surface area contributed by atoms with Gasteiger partial charge in [-0.1, -0.05) is 29.8 Å². The molecule has 0 N–H and O–H groups in total. The van der Waals surface area contributed by atoms with E-state index in [-0.39, 0.29) is 11.7 Å². The lowest BCUT2D eigenvalue weighted by Gasteiger charge is -2.21. The van der Waals surface area contributed by atoms with Crippen LogP contribution in [0.25, 0.3) is 0 Å². The lowest BCUT2D eigenvalue weighted by Crippen LogP contribution is -2.31. The number of imidazole rings is 1. The van der Waals surface area contributed by atoms with E-state index in [1.807, 2.05) is 17.7 Å². The SMILES string of the molecule is CCN(Cc1nccn1Cc1ccc(C)cc1)C(=O)c1ccc(F)cc1. The van der Waals surface area contributed by atoms with Gasteiger partial charge in [-0.3, -0.25) is 4.79 Å². The molecular weight excluding hydrogens is 329 g/mol. The molecule has 0 fully saturated rings. The van der Waals surface area contributed by atoms with Gasteiger partial charge in [0.05, 0.1) is 6.54 Å². The number of aromatic nitrogens is 2. The molecule has 0 saturated heterocycles. The third-order valence-corrected chi connectivity index (χ3v) is 4.37. The summed E-state index contributed by atoms with van der Waals surface area (Å²) in [6, 6.07) is 14.0. The number of carbonyl (C=O) groups is 1. The molecule has 26 heavy (non-hydrogen) atoms. The number of amides is 1. The quantitative estimate of drug-likeness (QED) is 0.672. The number of hydrogen-bond donors (Lipinski definition) is 0. The minimum atomic E-state index is -0.349. The maximum Gasteiger partial charge on any atom is 0.254 e. The van der Waals surface area contributed by atoms with Crippen molar-refractivity contribution in [3.8, 4) is 0 Å². The molecule has 0 spiro atoms. The fourth-order valence-corrected chi connectivity index (χ4v) is 2.80. The number of aryl methyl sites for hydroxylation is 1. The first kappa shape index (κ1) is 17.9. The van der Waals surface area contributed by atoms with Crippen molar-refractivity contribution in [2.45, 2.75) is 26.9 Å². The van der Waals surface area contributed by atoms with Crippen molar-refractivity contribution in [3.63, 3.8) is 0 Å². The fourth-order valence-electron chi connectivity index (χ4n) is 2.80. The van der Waals surface area contributed by atoms with E-state index in [4.69, 9.17) is 0 Å². The maximum atomic E-state index is 13.1. The number of carbonyl (C=O) groups excluding carboxylic acids is 1. The van der Waals surface area contributed by atoms with Crippen LogP contribution in [0.15, 0.2) is 60.9 Å². The Morgan fingerprint density at radius 1 is 1.12 bits per heavy atom. The van der Waals surface area contributed by atoms with Gasteiger partial charge in [-0.25, -0.2) is 9.37 Å². The first-order chi connectivity index (χ1) is 12.6. The molecule has 0 aliphatic heterocycles. The molecule has 3 aromatic rings. The number of nitrogens with zero attached hydrogens (tertiary/aromatic N) is 3. The standard InChI is InChI=1S/C21H22FN3O/c1-3-24(21(26)18-8-10-19(22)11-9-18)15-20-23-12-13-25(20)14-17-6-4-16(2)5-7-17/h4-13H,3,14-15H2,1-2H3. The van der Waals surface area contributed by atoms with Gasteiger partial charge in [0.15, 0.2) is 0 Å². The van der Waals surface area contributed by atoms with Crippen molar-refractivity contribution in [1.29, 1.82) is 0 Å². The molecular formula is C21H22FN3O. The molecule has 0 aliphatic rings. The van der Waals surface area contributed by atoms with Crippen LogP contribution >= 0.6 is 0 Å². The fraction of sp³-hybridized carbons (Fsp3) is 0.238. The monoisotopic (exact) mass is 351 g/mol. The molecule has 1 heterocycles. The predicted octanol–water partition coefficient (Wildman–Crippen LogP) is 4.04. The highest BCUT2D eigenvalue weighted by Crippen LogP contribution is 2.12. The highest BCUT2D eigenvalue weighted by Gasteiger charge is 2.17. The Bertz CT molecular complexity index is 869. The van der Waals surface area contributed by atoms with Crippen LogP contribution in [0.2, 0.25) is 0 Å². The van der Waals surface area contributed by atoms with E-state index < -0.39 is 0 Å². The maximum absolute atomic E-state index is 13.1. The van der Waals surface area contributed by atoms with E-state index in [1.165, 1.54) is 35.4 Å². The van der Waals surface area contributed by atoms with Crippen molar-refractivity contribution < 1.29 is 9.18 Å². The highest BCUT2D eigenvalue weighted by molar-refractivity contribution is 5.94. The Morgan fingerprint density at radius 3 is 2.46 bits per heavy atom. The molecule has 0 aliphatic carbocycles. The average molecular weight is 351 g/mol. The van der Waals surface area contributed by atoms with Crippen LogP contribution in [0.3, 0.4) is 0 Å². The summed E-state index contributed by atoms with van der Waals surface area (Å²) in [4.78, 5) is 18.8. The van der Waals surface area contributed by atoms with Gasteiger partial charge in [-0.15, -0.1) is 0 Å². The molecule has 2 aromatic carbocycles. The highest BCUT2D eigenvalue weighted by atomic mass is 19.1. The summed E-state index contributed by atoms with van der Waals surface area (Å²) in [7, 11) is 0. The number of benzene rings is 2. The Balaban J connectivity index is 1.74. The van der Waals surface area contributed by atoms with Crippen molar-refractivity contribution in [2.24, 2.45) is 0 Å². The van der Waals surface area contributed by atoms with Gasteiger partial charge in [0, 0.05) is 31.0 Å². The second-order valence-corrected chi connectivity index (χ2v) is 6.28. The van der Waals surface area contributed by atoms with Gasteiger partial charge < -0.3 is 9.47 Å². The van der Waals surface area contributed by atoms with Crippen molar-refractivity contribution >= 4 is 5.91 Å². The molecule has 4 nitrogen and oxygen atoms in total. The third-order valence-electron chi connectivity index (χ3n) is 4.37. The summed E-state index contributed by atoms with van der Waals surface area (Å²) in [5, 5.41) is 0. The summed E-state index contributed by atoms with van der Waals surface area (Å²) >= 11 is 0. The summed E-state index contributed by atoms with van der Waals surface area (Å²) < 4.78 is 15.1. The lowest BCUT2D eigenvalue weighted by atomic mass is 10.1. The van der Waals surface area contributed by atoms with Crippen LogP contribution in [-0.2, 0) is 13.1 Å².